The Balaban J connectivity index is 3.58. The molecule has 1 aliphatic heterocycles. The first-order valence-electron chi connectivity index (χ1n) is 13.2. The minimum Gasteiger partial charge on any atom is -0.396 e. The molecule has 0 spiro atoms. The highest BCUT2D eigenvalue weighted by Crippen LogP contribution is 2.25. The molecule has 1 amide bonds. The first-order chi connectivity index (χ1) is 18.9. The Morgan fingerprint density at radius 1 is 1.15 bits per heavy atom. The smallest absolute Gasteiger partial charge is 0.251 e. The molecule has 0 aromatic rings. The van der Waals surface area contributed by atoms with Gasteiger partial charge >= 0.3 is 0 Å². The Morgan fingerprint density at radius 2 is 1.82 bits per heavy atom. The first kappa shape index (κ1) is 35.1. The van der Waals surface area contributed by atoms with E-state index in [0.717, 1.165) is 0 Å². The van der Waals surface area contributed by atoms with Gasteiger partial charge in [-0.05, 0) is 55.9 Å². The maximum Gasteiger partial charge on any atom is 0.251 e. The van der Waals surface area contributed by atoms with E-state index in [2.05, 4.69) is 10.5 Å². The van der Waals surface area contributed by atoms with E-state index in [1.54, 1.807) is 39.0 Å². The summed E-state index contributed by atoms with van der Waals surface area (Å²) in [4.78, 5) is 36.2. The number of allylic oxidation sites excluding steroid dienone is 4. The molecule has 5 N–H and O–H groups in total. The van der Waals surface area contributed by atoms with E-state index in [1.807, 2.05) is 19.9 Å². The van der Waals surface area contributed by atoms with Crippen molar-refractivity contribution in [2.75, 3.05) is 27.6 Å². The molecular weight excluding hydrogens is 518 g/mol. The van der Waals surface area contributed by atoms with Crippen molar-refractivity contribution in [1.29, 1.82) is 0 Å². The van der Waals surface area contributed by atoms with Crippen LogP contribution in [-0.2, 0) is 23.8 Å². The van der Waals surface area contributed by atoms with Crippen LogP contribution in [0.1, 0.15) is 47.5 Å². The predicted octanol–water partition coefficient (Wildman–Crippen LogP) is 2.80. The van der Waals surface area contributed by atoms with Gasteiger partial charge in [-0.2, -0.15) is 0 Å². The molecule has 0 aliphatic carbocycles. The molecular formula is C29H45N3O8. The summed E-state index contributed by atoms with van der Waals surface area (Å²) < 4.78 is 16.9. The van der Waals surface area contributed by atoms with Gasteiger partial charge in [0.15, 0.2) is 6.73 Å². The number of nitrogens with one attached hydrogen (secondary N) is 1. The van der Waals surface area contributed by atoms with Gasteiger partial charge in [0.05, 0.1) is 24.5 Å². The molecule has 11 nitrogen and oxygen atoms in total. The summed E-state index contributed by atoms with van der Waals surface area (Å²) in [6.07, 6.45) is 5.87. The van der Waals surface area contributed by atoms with Crippen LogP contribution in [0.5, 0.6) is 0 Å². The number of ether oxygens (including phenoxy) is 3. The molecule has 6 atom stereocenters. The van der Waals surface area contributed by atoms with E-state index >= 15 is 0 Å². The van der Waals surface area contributed by atoms with Gasteiger partial charge in [0, 0.05) is 37.5 Å². The van der Waals surface area contributed by atoms with Crippen molar-refractivity contribution in [1.82, 2.24) is 5.32 Å². The summed E-state index contributed by atoms with van der Waals surface area (Å²) in [5, 5.41) is 26.5. The van der Waals surface area contributed by atoms with Crippen LogP contribution in [0.3, 0.4) is 0 Å². The third-order valence-electron chi connectivity index (χ3n) is 6.80. The molecule has 1 aliphatic rings. The fraction of sp³-hybridized carbons (Fsp3) is 0.586. The van der Waals surface area contributed by atoms with Crippen molar-refractivity contribution in [3.05, 3.63) is 63.4 Å². The van der Waals surface area contributed by atoms with Gasteiger partial charge in [-0.15, -0.1) is 4.91 Å². The number of carbonyl (C=O) groups excluding carboxylic acids is 2. The van der Waals surface area contributed by atoms with E-state index in [1.165, 1.54) is 20.3 Å². The number of nitrogens with zero attached hydrogens (tertiary/aromatic N) is 1. The maximum atomic E-state index is 12.8. The Labute approximate surface area is 236 Å². The van der Waals surface area contributed by atoms with Crippen LogP contribution in [0.15, 0.2) is 63.7 Å². The van der Waals surface area contributed by atoms with Crippen LogP contribution < -0.4 is 11.1 Å². The molecule has 0 saturated heterocycles. The third-order valence-corrected chi connectivity index (χ3v) is 6.80. The number of aliphatic hydroxyl groups excluding tert-OH is 2. The SMILES string of the molecule is COC1/C=C\C=C(/C)C(=O)N/C(C)=C/C(=O)/C(N)=C(\CO)CC(C)CC(OC)C(O)C(C)/C=C(\C)C1OCN=O. The number of rotatable bonds is 6. The average molecular weight is 564 g/mol. The summed E-state index contributed by atoms with van der Waals surface area (Å²) in [5.41, 5.74) is 7.70. The number of aliphatic hydroxyl groups is 2. The predicted molar refractivity (Wildman–Crippen MR) is 153 cm³/mol. The van der Waals surface area contributed by atoms with Gasteiger partial charge in [0.1, 0.15) is 12.2 Å². The number of nitrogens with two attached hydrogens (primary N) is 1. The van der Waals surface area contributed by atoms with E-state index in [-0.39, 0.29) is 23.2 Å². The van der Waals surface area contributed by atoms with E-state index in [9.17, 15) is 24.7 Å². The molecule has 40 heavy (non-hydrogen) atoms. The summed E-state index contributed by atoms with van der Waals surface area (Å²) in [6.45, 7) is 7.91. The van der Waals surface area contributed by atoms with Gasteiger partial charge in [-0.25, -0.2) is 0 Å². The second-order valence-corrected chi connectivity index (χ2v) is 10.2. The number of hydrogen-bond acceptors (Lipinski definition) is 10. The molecule has 0 aromatic carbocycles. The van der Waals surface area contributed by atoms with Gasteiger partial charge in [0.25, 0.3) is 5.91 Å². The van der Waals surface area contributed by atoms with Crippen LogP contribution in [0.25, 0.3) is 0 Å². The lowest BCUT2D eigenvalue weighted by Crippen LogP contribution is -2.36. The lowest BCUT2D eigenvalue weighted by Gasteiger charge is -2.29. The molecule has 0 fully saturated rings. The number of hydrogen-bond donors (Lipinski definition) is 4. The number of ketones is 1. The second-order valence-electron chi connectivity index (χ2n) is 10.2. The summed E-state index contributed by atoms with van der Waals surface area (Å²) in [7, 11) is 3.00. The van der Waals surface area contributed by atoms with E-state index in [4.69, 9.17) is 19.9 Å². The minimum absolute atomic E-state index is 0.0908. The monoisotopic (exact) mass is 563 g/mol. The summed E-state index contributed by atoms with van der Waals surface area (Å²) in [5.74, 6) is -1.43. The quantitative estimate of drug-likeness (QED) is 0.280. The molecule has 1 heterocycles. The zero-order valence-corrected chi connectivity index (χ0v) is 24.5. The van der Waals surface area contributed by atoms with E-state index in [0.29, 0.717) is 29.6 Å². The largest absolute Gasteiger partial charge is 0.396 e. The maximum absolute atomic E-state index is 12.8. The fourth-order valence-electron chi connectivity index (χ4n) is 4.53. The molecule has 1 rings (SSSR count). The Morgan fingerprint density at radius 3 is 2.40 bits per heavy atom. The standard InChI is InChI=1S/C29H45N3O8/c1-17-11-22(15-33)26(30)23(34)14-21(5)32-29(36)18(2)9-8-10-24(38-6)28(40-16-31-37)20(4)13-19(3)27(35)25(12-17)39-7/h8-10,13-14,17,19,24-25,27-28,33,35H,11-12,15-16,30H2,1-7H3,(H,32,36)/b10-8-,18-9+,20-13+,21-14+,26-22+. The van der Waals surface area contributed by atoms with Crippen molar-refractivity contribution in [3.8, 4) is 0 Å². The molecule has 0 saturated carbocycles. The number of nitroso groups, excluding NO2 is 1. The van der Waals surface area contributed by atoms with Crippen molar-refractivity contribution in [2.24, 2.45) is 22.7 Å². The van der Waals surface area contributed by atoms with Crippen molar-refractivity contribution >= 4 is 11.7 Å². The molecule has 0 radical (unpaired) electrons. The fourth-order valence-corrected chi connectivity index (χ4v) is 4.53. The van der Waals surface area contributed by atoms with Crippen molar-refractivity contribution in [2.45, 2.75) is 71.9 Å². The molecule has 0 aromatic heterocycles. The molecule has 11 heteroatoms. The van der Waals surface area contributed by atoms with Gasteiger partial charge < -0.3 is 35.5 Å². The Kier molecular flexibility index (Phi) is 15.5. The normalized spacial score (nSPS) is 35.2. The highest BCUT2D eigenvalue weighted by Gasteiger charge is 2.28. The van der Waals surface area contributed by atoms with Crippen LogP contribution >= 0.6 is 0 Å². The average Bonchev–Trinajstić information content (AvgIpc) is 2.91. The van der Waals surface area contributed by atoms with Gasteiger partial charge in [-0.1, -0.05) is 38.2 Å². The van der Waals surface area contributed by atoms with Crippen LogP contribution in [-0.4, -0.2) is 73.9 Å². The Hall–Kier alpha value is -2.96. The Bertz CT molecular complexity index is 1030. The van der Waals surface area contributed by atoms with Crippen molar-refractivity contribution in [3.63, 3.8) is 0 Å². The number of carbonyl (C=O) groups is 2. The van der Waals surface area contributed by atoms with Crippen LogP contribution in [0.4, 0.5) is 0 Å². The third kappa shape index (κ3) is 10.9. The minimum atomic E-state index is -0.897. The lowest BCUT2D eigenvalue weighted by atomic mass is 9.88. The van der Waals surface area contributed by atoms with Gasteiger partial charge in [-0.3, -0.25) is 9.59 Å². The highest BCUT2D eigenvalue weighted by molar-refractivity contribution is 6.04. The van der Waals surface area contributed by atoms with Gasteiger partial charge in [0.2, 0.25) is 5.78 Å². The molecule has 6 unspecified atom stereocenters. The van der Waals surface area contributed by atoms with Crippen molar-refractivity contribution < 1.29 is 34.0 Å². The number of amides is 1. The summed E-state index contributed by atoms with van der Waals surface area (Å²) >= 11 is 0. The second kappa shape index (κ2) is 17.7. The van der Waals surface area contributed by atoms with E-state index < -0.39 is 49.4 Å². The zero-order chi connectivity index (χ0) is 30.4. The number of methoxy groups -OCH3 is 2. The molecule has 224 valence electrons. The summed E-state index contributed by atoms with van der Waals surface area (Å²) in [6, 6.07) is 0. The lowest BCUT2D eigenvalue weighted by molar-refractivity contribution is -0.116. The topological polar surface area (TPSA) is 170 Å². The zero-order valence-electron chi connectivity index (χ0n) is 24.5. The highest BCUT2D eigenvalue weighted by atomic mass is 16.5. The van der Waals surface area contributed by atoms with Crippen LogP contribution in [0, 0.1) is 16.7 Å². The molecule has 0 bridgehead atoms. The first-order valence-corrected chi connectivity index (χ1v) is 13.2. The van der Waals surface area contributed by atoms with Crippen LogP contribution in [0.2, 0.25) is 0 Å².